The van der Waals surface area contributed by atoms with Crippen LogP contribution in [0.15, 0.2) is 64.6 Å². The van der Waals surface area contributed by atoms with Crippen LogP contribution in [-0.2, 0) is 4.74 Å². The van der Waals surface area contributed by atoms with E-state index in [1.54, 1.807) is 11.8 Å². The fourth-order valence-corrected chi connectivity index (χ4v) is 4.81. The molecule has 0 spiro atoms. The average Bonchev–Trinajstić information content (AvgIpc) is 3.23. The number of likely N-dealkylation sites (N-methyl/N-ethyl adjacent to an activating group) is 1. The van der Waals surface area contributed by atoms with Crippen LogP contribution in [0.3, 0.4) is 0 Å². The molecule has 4 nitrogen and oxygen atoms in total. The van der Waals surface area contributed by atoms with Gasteiger partial charge in [0, 0.05) is 18.7 Å². The summed E-state index contributed by atoms with van der Waals surface area (Å²) in [4.78, 5) is 3.53. The second-order valence-corrected chi connectivity index (χ2v) is 8.64. The molecule has 1 aromatic carbocycles. The lowest BCUT2D eigenvalue weighted by atomic mass is 10.1. The highest BCUT2D eigenvalue weighted by molar-refractivity contribution is 8.17. The predicted octanol–water partition coefficient (Wildman–Crippen LogP) is 5.71. The number of allylic oxidation sites excluding steroid dienone is 5. The Morgan fingerprint density at radius 3 is 2.76 bits per heavy atom. The van der Waals surface area contributed by atoms with Crippen molar-refractivity contribution in [1.82, 2.24) is 0 Å². The largest absolute Gasteiger partial charge is 0.439 e. The molecule has 0 saturated carbocycles. The number of nitrogens with zero attached hydrogens (tertiary/aromatic N) is 2. The molecule has 0 aromatic heterocycles. The predicted molar refractivity (Wildman–Crippen MR) is 121 cm³/mol. The Labute approximate surface area is 177 Å². The Kier molecular flexibility index (Phi) is 5.59. The fraction of sp³-hybridized carbons (Fsp3) is 0.375. The average molecular weight is 410 g/mol. The van der Waals surface area contributed by atoms with Gasteiger partial charge in [-0.2, -0.15) is 4.58 Å². The summed E-state index contributed by atoms with van der Waals surface area (Å²) < 4.78 is 14.8. The van der Waals surface area contributed by atoms with Crippen molar-refractivity contribution in [2.75, 3.05) is 18.0 Å². The van der Waals surface area contributed by atoms with Crippen LogP contribution >= 0.6 is 11.8 Å². The molecule has 0 amide bonds. The van der Waals surface area contributed by atoms with Gasteiger partial charge in [-0.3, -0.25) is 0 Å². The minimum atomic E-state index is -0.0825. The lowest BCUT2D eigenvalue weighted by Crippen LogP contribution is -2.23. The van der Waals surface area contributed by atoms with Gasteiger partial charge in [-0.1, -0.05) is 13.0 Å². The molecule has 1 aromatic rings. The van der Waals surface area contributed by atoms with Gasteiger partial charge in [0.15, 0.2) is 5.75 Å². The van der Waals surface area contributed by atoms with Crippen LogP contribution in [0.25, 0.3) is 0 Å². The van der Waals surface area contributed by atoms with Gasteiger partial charge in [-0.15, -0.1) is 0 Å². The van der Waals surface area contributed by atoms with Gasteiger partial charge in [-0.05, 0) is 86.2 Å². The normalized spacial score (nSPS) is 22.2. The number of rotatable bonds is 5. The van der Waals surface area contributed by atoms with Gasteiger partial charge in [0.1, 0.15) is 6.54 Å². The van der Waals surface area contributed by atoms with Crippen LogP contribution in [0.2, 0.25) is 0 Å². The van der Waals surface area contributed by atoms with Crippen LogP contribution in [-0.4, -0.2) is 28.9 Å². The fourth-order valence-electron chi connectivity index (χ4n) is 3.80. The molecule has 0 radical (unpaired) electrons. The van der Waals surface area contributed by atoms with Crippen LogP contribution in [0.1, 0.15) is 39.7 Å². The van der Waals surface area contributed by atoms with E-state index in [9.17, 15) is 0 Å². The second-order valence-electron chi connectivity index (χ2n) is 7.41. The van der Waals surface area contributed by atoms with Crippen molar-refractivity contribution in [3.63, 3.8) is 0 Å². The lowest BCUT2D eigenvalue weighted by Gasteiger charge is -2.16. The number of fused-ring (bicyclic) bond motifs is 2. The highest BCUT2D eigenvalue weighted by atomic mass is 32.2. The molecule has 0 saturated heterocycles. The number of benzene rings is 1. The number of hydrogen-bond donors (Lipinski definition) is 0. The van der Waals surface area contributed by atoms with Gasteiger partial charge in [-0.25, -0.2) is 0 Å². The third kappa shape index (κ3) is 3.76. The summed E-state index contributed by atoms with van der Waals surface area (Å²) in [5, 5.41) is 1.21. The molecule has 0 fully saturated rings. The Balaban J connectivity index is 1.64. The summed E-state index contributed by atoms with van der Waals surface area (Å²) in [6.07, 6.45) is 9.42. The van der Waals surface area contributed by atoms with Gasteiger partial charge >= 0.3 is 6.23 Å². The molecule has 3 aliphatic rings. The Bertz CT molecular complexity index is 985. The van der Waals surface area contributed by atoms with Crippen molar-refractivity contribution >= 4 is 22.5 Å². The highest BCUT2D eigenvalue weighted by Crippen LogP contribution is 2.40. The van der Waals surface area contributed by atoms with Gasteiger partial charge < -0.3 is 14.4 Å². The first-order valence-electron chi connectivity index (χ1n) is 10.4. The van der Waals surface area contributed by atoms with E-state index in [0.29, 0.717) is 0 Å². The first-order chi connectivity index (χ1) is 14.0. The SMILES string of the molecule is CCC(=CC1OC2=CC=C(C)SC2=[N+]1CC)C=C1Oc2ccc(C)cc2N1CC. The standard InChI is InChI=1S/C24H29N2O2S/c1-6-18(14-22-25(7-2)19-13-16(4)9-11-20(19)27-22)15-23-26(8-3)24-21(28-23)12-10-17(5)29-24/h9-15,23H,6-8H2,1-5H3/q+1. The molecule has 29 heavy (non-hydrogen) atoms. The molecule has 3 heterocycles. The van der Waals surface area contributed by atoms with E-state index in [2.05, 4.69) is 86.6 Å². The number of anilines is 1. The monoisotopic (exact) mass is 409 g/mol. The molecular formula is C24H29N2O2S+. The maximum atomic E-state index is 6.27. The van der Waals surface area contributed by atoms with Crippen molar-refractivity contribution in [2.45, 2.75) is 47.3 Å². The molecule has 1 unspecified atom stereocenters. The third-order valence-corrected chi connectivity index (χ3v) is 6.46. The van der Waals surface area contributed by atoms with E-state index < -0.39 is 0 Å². The number of aryl methyl sites for hydroxylation is 1. The van der Waals surface area contributed by atoms with E-state index in [1.165, 1.54) is 21.1 Å². The molecule has 4 rings (SSSR count). The molecular weight excluding hydrogens is 380 g/mol. The maximum absolute atomic E-state index is 6.27. The summed E-state index contributed by atoms with van der Waals surface area (Å²) in [5.74, 6) is 2.79. The Morgan fingerprint density at radius 1 is 1.21 bits per heavy atom. The maximum Gasteiger partial charge on any atom is 0.318 e. The quantitative estimate of drug-likeness (QED) is 0.581. The second kappa shape index (κ2) is 8.15. The van der Waals surface area contributed by atoms with E-state index in [0.717, 1.165) is 42.6 Å². The van der Waals surface area contributed by atoms with Gasteiger partial charge in [0.2, 0.25) is 11.6 Å². The topological polar surface area (TPSA) is 24.7 Å². The van der Waals surface area contributed by atoms with Gasteiger partial charge in [0.25, 0.3) is 5.04 Å². The van der Waals surface area contributed by atoms with Crippen LogP contribution in [0, 0.1) is 6.92 Å². The zero-order valence-electron chi connectivity index (χ0n) is 17.9. The molecule has 1 atom stereocenters. The highest BCUT2D eigenvalue weighted by Gasteiger charge is 2.38. The molecule has 152 valence electrons. The van der Waals surface area contributed by atoms with E-state index in [4.69, 9.17) is 9.47 Å². The smallest absolute Gasteiger partial charge is 0.318 e. The minimum Gasteiger partial charge on any atom is -0.439 e. The molecule has 0 N–H and O–H groups in total. The van der Waals surface area contributed by atoms with Crippen molar-refractivity contribution in [3.05, 3.63) is 70.2 Å². The van der Waals surface area contributed by atoms with E-state index >= 15 is 0 Å². The minimum absolute atomic E-state index is 0.0825. The molecule has 0 aliphatic carbocycles. The first kappa shape index (κ1) is 19.9. The molecule has 3 aliphatic heterocycles. The van der Waals surface area contributed by atoms with E-state index in [1.807, 2.05) is 0 Å². The van der Waals surface area contributed by atoms with Crippen molar-refractivity contribution in [3.8, 4) is 5.75 Å². The zero-order chi connectivity index (χ0) is 20.5. The lowest BCUT2D eigenvalue weighted by molar-refractivity contribution is -0.576. The first-order valence-corrected chi connectivity index (χ1v) is 11.2. The van der Waals surface area contributed by atoms with E-state index in [-0.39, 0.29) is 6.23 Å². The summed E-state index contributed by atoms with van der Waals surface area (Å²) in [5.41, 5.74) is 3.60. The van der Waals surface area contributed by atoms with Crippen molar-refractivity contribution < 1.29 is 14.0 Å². The van der Waals surface area contributed by atoms with Crippen LogP contribution in [0.4, 0.5) is 5.69 Å². The molecule has 5 heteroatoms. The summed E-state index contributed by atoms with van der Waals surface area (Å²) in [7, 11) is 0. The summed E-state index contributed by atoms with van der Waals surface area (Å²) >= 11 is 1.79. The van der Waals surface area contributed by atoms with Gasteiger partial charge in [0.05, 0.1) is 5.69 Å². The van der Waals surface area contributed by atoms with Crippen molar-refractivity contribution in [1.29, 1.82) is 0 Å². The number of ether oxygens (including phenoxy) is 2. The van der Waals surface area contributed by atoms with Crippen molar-refractivity contribution in [2.24, 2.45) is 0 Å². The van der Waals surface area contributed by atoms with Crippen LogP contribution in [0.5, 0.6) is 5.75 Å². The Hall–Kier alpha value is -2.40. The Morgan fingerprint density at radius 2 is 2.03 bits per heavy atom. The molecule has 0 bridgehead atoms. The zero-order valence-corrected chi connectivity index (χ0v) is 18.7. The third-order valence-electron chi connectivity index (χ3n) is 5.37. The number of hydrogen-bond acceptors (Lipinski definition) is 4. The number of thioether (sulfide) groups is 1. The van der Waals surface area contributed by atoms with Crippen LogP contribution < -0.4 is 9.64 Å². The summed E-state index contributed by atoms with van der Waals surface area (Å²) in [6.45, 7) is 12.5. The summed E-state index contributed by atoms with van der Waals surface area (Å²) in [6, 6.07) is 6.34.